The Hall–Kier alpha value is -2.80. The molecule has 0 spiro atoms. The van der Waals surface area contributed by atoms with E-state index in [0.717, 1.165) is 24.5 Å². The molecule has 7 nitrogen and oxygen atoms in total. The van der Waals surface area contributed by atoms with E-state index in [1.54, 1.807) is 43.6 Å². The molecule has 1 aliphatic heterocycles. The van der Waals surface area contributed by atoms with Crippen molar-refractivity contribution in [3.8, 4) is 11.5 Å². The molecule has 3 rings (SSSR count). The first-order valence-corrected chi connectivity index (χ1v) is 10.0. The second-order valence-corrected chi connectivity index (χ2v) is 7.29. The van der Waals surface area contributed by atoms with Crippen LogP contribution in [0.2, 0.25) is 0 Å². The van der Waals surface area contributed by atoms with Crippen LogP contribution in [-0.2, 0) is 17.9 Å². The van der Waals surface area contributed by atoms with Crippen LogP contribution in [-0.4, -0.2) is 42.7 Å². The van der Waals surface area contributed by atoms with E-state index in [2.05, 4.69) is 10.2 Å². The average Bonchev–Trinajstić information content (AvgIpc) is 2.99. The van der Waals surface area contributed by atoms with Crippen LogP contribution in [0.15, 0.2) is 41.3 Å². The van der Waals surface area contributed by atoms with Crippen LogP contribution in [0.1, 0.15) is 31.4 Å². The van der Waals surface area contributed by atoms with Gasteiger partial charge in [0.05, 0.1) is 20.4 Å². The van der Waals surface area contributed by atoms with Gasteiger partial charge in [-0.2, -0.15) is 0 Å². The van der Waals surface area contributed by atoms with Crippen LogP contribution < -0.4 is 20.2 Å². The zero-order valence-electron chi connectivity index (χ0n) is 17.1. The number of anilines is 1. The Kier molecular flexibility index (Phi) is 7.30. The van der Waals surface area contributed by atoms with Crippen molar-refractivity contribution >= 4 is 11.6 Å². The number of methoxy groups -OCH3 is 2. The van der Waals surface area contributed by atoms with E-state index in [4.69, 9.17) is 9.47 Å². The summed E-state index contributed by atoms with van der Waals surface area (Å²) in [4.78, 5) is 27.3. The molecule has 0 aliphatic carbocycles. The highest BCUT2D eigenvalue weighted by Crippen LogP contribution is 2.17. The summed E-state index contributed by atoms with van der Waals surface area (Å²) in [6.45, 7) is 2.78. The number of nitrogens with zero attached hydrogens (tertiary/aromatic N) is 2. The normalized spacial score (nSPS) is 14.8. The third-order valence-corrected chi connectivity index (χ3v) is 5.17. The molecule has 1 fully saturated rings. The molecule has 0 radical (unpaired) electrons. The lowest BCUT2D eigenvalue weighted by atomic mass is 10.2. The van der Waals surface area contributed by atoms with Crippen molar-refractivity contribution in [3.05, 3.63) is 52.4 Å². The summed E-state index contributed by atoms with van der Waals surface area (Å²) in [5.74, 6) is 0.799. The summed E-state index contributed by atoms with van der Waals surface area (Å²) in [5, 5.41) is 2.89. The number of benzene rings is 1. The van der Waals surface area contributed by atoms with Crippen molar-refractivity contribution < 1.29 is 14.3 Å². The number of aromatic nitrogens is 1. The first kappa shape index (κ1) is 20.9. The highest BCUT2D eigenvalue weighted by Gasteiger charge is 2.15. The van der Waals surface area contributed by atoms with Gasteiger partial charge in [-0.15, -0.1) is 0 Å². The lowest BCUT2D eigenvalue weighted by Crippen LogP contribution is -2.29. The topological polar surface area (TPSA) is 72.8 Å². The smallest absolute Gasteiger partial charge is 0.244 e. The lowest BCUT2D eigenvalue weighted by Gasteiger charge is -2.23. The third-order valence-electron chi connectivity index (χ3n) is 5.17. The standard InChI is InChI=1S/C22H29N3O4/c1-28-19-9-7-17(8-10-19)23-22(27)16-25-15-21(29-2)20(26)13-18(25)14-24-11-5-3-4-6-12-24/h7-10,13,15H,3-6,11-12,14,16H2,1-2H3,(H,23,27). The molecule has 0 atom stereocenters. The van der Waals surface area contributed by atoms with E-state index >= 15 is 0 Å². The Morgan fingerprint density at radius 3 is 2.34 bits per heavy atom. The lowest BCUT2D eigenvalue weighted by molar-refractivity contribution is -0.116. The highest BCUT2D eigenvalue weighted by atomic mass is 16.5. The number of carbonyl (C=O) groups is 1. The number of nitrogens with one attached hydrogen (secondary N) is 1. The molecule has 1 aromatic heterocycles. The quantitative estimate of drug-likeness (QED) is 0.775. The summed E-state index contributed by atoms with van der Waals surface area (Å²) in [5.41, 5.74) is 1.35. The van der Waals surface area contributed by atoms with E-state index in [1.807, 2.05) is 4.57 Å². The first-order chi connectivity index (χ1) is 14.1. The molecule has 7 heteroatoms. The monoisotopic (exact) mass is 399 g/mol. The second-order valence-electron chi connectivity index (χ2n) is 7.29. The maximum absolute atomic E-state index is 12.6. The molecule has 0 saturated carbocycles. The largest absolute Gasteiger partial charge is 0.497 e. The van der Waals surface area contributed by atoms with Gasteiger partial charge in [0, 0.05) is 24.0 Å². The van der Waals surface area contributed by atoms with Crippen molar-refractivity contribution in [2.24, 2.45) is 0 Å². The van der Waals surface area contributed by atoms with Crippen LogP contribution in [0.5, 0.6) is 11.5 Å². The van der Waals surface area contributed by atoms with Gasteiger partial charge in [0.25, 0.3) is 0 Å². The molecule has 2 heterocycles. The molecule has 1 saturated heterocycles. The minimum Gasteiger partial charge on any atom is -0.497 e. The molecule has 1 aromatic carbocycles. The highest BCUT2D eigenvalue weighted by molar-refractivity contribution is 5.90. The number of hydrogen-bond acceptors (Lipinski definition) is 5. The van der Waals surface area contributed by atoms with Gasteiger partial charge >= 0.3 is 0 Å². The Balaban J connectivity index is 1.76. The van der Waals surface area contributed by atoms with Gasteiger partial charge in [-0.1, -0.05) is 12.8 Å². The summed E-state index contributed by atoms with van der Waals surface area (Å²) in [7, 11) is 3.07. The molecular formula is C22H29N3O4. The van der Waals surface area contributed by atoms with E-state index in [9.17, 15) is 9.59 Å². The number of ether oxygens (including phenoxy) is 2. The van der Waals surface area contributed by atoms with Gasteiger partial charge in [-0.25, -0.2) is 0 Å². The van der Waals surface area contributed by atoms with E-state index in [0.29, 0.717) is 12.2 Å². The average molecular weight is 399 g/mol. The zero-order chi connectivity index (χ0) is 20.6. The fourth-order valence-electron chi connectivity index (χ4n) is 3.58. The SMILES string of the molecule is COc1ccc(NC(=O)Cn2cc(OC)c(=O)cc2CN2CCCCCC2)cc1. The molecule has 156 valence electrons. The van der Waals surface area contributed by atoms with Crippen LogP contribution in [0.3, 0.4) is 0 Å². The predicted molar refractivity (Wildman–Crippen MR) is 113 cm³/mol. The molecule has 1 aliphatic rings. The van der Waals surface area contributed by atoms with Crippen molar-refractivity contribution in [2.75, 3.05) is 32.6 Å². The molecule has 1 amide bonds. The number of rotatable bonds is 7. The van der Waals surface area contributed by atoms with Gasteiger partial charge in [-0.05, 0) is 50.2 Å². The van der Waals surface area contributed by atoms with Gasteiger partial charge in [0.15, 0.2) is 5.75 Å². The minimum atomic E-state index is -0.169. The van der Waals surface area contributed by atoms with Crippen LogP contribution in [0.4, 0.5) is 5.69 Å². The molecule has 1 N–H and O–H groups in total. The number of pyridine rings is 1. The van der Waals surface area contributed by atoms with Crippen LogP contribution in [0.25, 0.3) is 0 Å². The van der Waals surface area contributed by atoms with Crippen LogP contribution in [0, 0.1) is 0 Å². The Morgan fingerprint density at radius 1 is 1.03 bits per heavy atom. The summed E-state index contributed by atoms with van der Waals surface area (Å²) in [6.07, 6.45) is 6.45. The first-order valence-electron chi connectivity index (χ1n) is 10.0. The molecule has 0 bridgehead atoms. The van der Waals surface area contributed by atoms with Crippen molar-refractivity contribution in [1.29, 1.82) is 0 Å². The predicted octanol–water partition coefficient (Wildman–Crippen LogP) is 2.88. The Morgan fingerprint density at radius 2 is 1.72 bits per heavy atom. The summed E-state index contributed by atoms with van der Waals surface area (Å²) >= 11 is 0. The molecule has 2 aromatic rings. The number of amides is 1. The van der Waals surface area contributed by atoms with Crippen LogP contribution >= 0.6 is 0 Å². The number of likely N-dealkylation sites (tertiary alicyclic amines) is 1. The molecule has 29 heavy (non-hydrogen) atoms. The van der Waals surface area contributed by atoms with E-state index in [1.165, 1.54) is 32.8 Å². The number of hydrogen-bond donors (Lipinski definition) is 1. The second kappa shape index (κ2) is 10.1. The van der Waals surface area contributed by atoms with Crippen molar-refractivity contribution in [1.82, 2.24) is 9.47 Å². The fraction of sp³-hybridized carbons (Fsp3) is 0.455. The van der Waals surface area contributed by atoms with Crippen molar-refractivity contribution in [2.45, 2.75) is 38.8 Å². The zero-order valence-corrected chi connectivity index (χ0v) is 17.1. The van der Waals surface area contributed by atoms with Gasteiger partial charge < -0.3 is 19.4 Å². The fourth-order valence-corrected chi connectivity index (χ4v) is 3.58. The van der Waals surface area contributed by atoms with Crippen molar-refractivity contribution in [3.63, 3.8) is 0 Å². The summed E-state index contributed by atoms with van der Waals surface area (Å²) < 4.78 is 12.1. The van der Waals surface area contributed by atoms with Gasteiger partial charge in [0.1, 0.15) is 12.3 Å². The van der Waals surface area contributed by atoms with Gasteiger partial charge in [0.2, 0.25) is 11.3 Å². The van der Waals surface area contributed by atoms with Gasteiger partial charge in [-0.3, -0.25) is 14.5 Å². The third kappa shape index (κ3) is 5.84. The maximum atomic E-state index is 12.6. The van der Waals surface area contributed by atoms with E-state index < -0.39 is 0 Å². The summed E-state index contributed by atoms with van der Waals surface area (Å²) in [6, 6.07) is 8.76. The van der Waals surface area contributed by atoms with E-state index in [-0.39, 0.29) is 23.6 Å². The maximum Gasteiger partial charge on any atom is 0.244 e. The Bertz CT molecular complexity index is 869. The minimum absolute atomic E-state index is 0.103. The Labute approximate surface area is 171 Å². The molecule has 0 unspecified atom stereocenters. The molecular weight excluding hydrogens is 370 g/mol. The number of carbonyl (C=O) groups excluding carboxylic acids is 1.